The molecule has 0 aromatic heterocycles. The molecule has 0 heterocycles. The van der Waals surface area contributed by atoms with Crippen LogP contribution in [0.1, 0.15) is 0 Å². The van der Waals surface area contributed by atoms with Crippen molar-refractivity contribution in [1.82, 2.24) is 0 Å². The zero-order valence-corrected chi connectivity index (χ0v) is 11.5. The normalized spacial score (nSPS) is 13.1. The SMILES string of the molecule is O=P(O)(O)S(=O)(=O)[O-].O=P(O)(O)S(=O)(=O)[O-].[Ni+2]. The molecule has 0 spiro atoms. The van der Waals surface area contributed by atoms with Gasteiger partial charge in [0.15, 0.2) is 19.5 Å². The summed E-state index contributed by atoms with van der Waals surface area (Å²) in [7, 11) is -10.8. The van der Waals surface area contributed by atoms with Gasteiger partial charge in [-0.3, -0.25) is 0 Å². The molecule has 12 nitrogen and oxygen atoms in total. The third-order valence-electron chi connectivity index (χ3n) is 0.583. The molecule has 0 saturated carbocycles. The Morgan fingerprint density at radius 1 is 0.706 bits per heavy atom. The minimum atomic E-state index is -5.43. The van der Waals surface area contributed by atoms with E-state index in [0.717, 1.165) is 0 Å². The summed E-state index contributed by atoms with van der Waals surface area (Å²) in [6, 6.07) is 0. The predicted octanol–water partition coefficient (Wildman–Crippen LogP) is -2.75. The molecule has 0 radical (unpaired) electrons. The maximum absolute atomic E-state index is 9.45. The first-order valence-corrected chi connectivity index (χ1v) is 9.78. The second-order valence-electron chi connectivity index (χ2n) is 1.84. The second kappa shape index (κ2) is 6.69. The molecule has 0 aromatic carbocycles. The molecule has 0 saturated heterocycles. The maximum atomic E-state index is 9.45. The monoisotopic (exact) mass is 380 g/mol. The Labute approximate surface area is 104 Å². The molecule has 0 atom stereocenters. The smallest absolute Gasteiger partial charge is 0.739 e. The molecule has 0 unspecified atom stereocenters. The molecular formula is H4NiO12P2S2. The van der Waals surface area contributed by atoms with E-state index in [1.807, 2.05) is 0 Å². The van der Waals surface area contributed by atoms with E-state index in [1.165, 1.54) is 0 Å². The predicted molar refractivity (Wildman–Crippen MR) is 43.5 cm³/mol. The van der Waals surface area contributed by atoms with Crippen molar-refractivity contribution in [3.8, 4) is 0 Å². The van der Waals surface area contributed by atoms with Crippen LogP contribution in [0.3, 0.4) is 0 Å². The van der Waals surface area contributed by atoms with E-state index in [-0.39, 0.29) is 16.5 Å². The van der Waals surface area contributed by atoms with Gasteiger partial charge in [-0.1, -0.05) is 0 Å². The first-order valence-electron chi connectivity index (χ1n) is 2.53. The van der Waals surface area contributed by atoms with Crippen LogP contribution in [0.5, 0.6) is 0 Å². The molecule has 0 amide bonds. The zero-order valence-electron chi connectivity index (χ0n) is 7.08. The van der Waals surface area contributed by atoms with Crippen LogP contribution < -0.4 is 0 Å². The van der Waals surface area contributed by atoms with Crippen LogP contribution in [0.4, 0.5) is 0 Å². The Morgan fingerprint density at radius 3 is 0.765 bits per heavy atom. The van der Waals surface area contributed by atoms with Crippen LogP contribution in [0, 0.1) is 0 Å². The Hall–Kier alpha value is 0.614. The Morgan fingerprint density at radius 2 is 0.765 bits per heavy atom. The third-order valence-corrected chi connectivity index (χ3v) is 5.24. The molecular weight excluding hydrogens is 377 g/mol. The Bertz CT molecular complexity index is 461. The summed E-state index contributed by atoms with van der Waals surface area (Å²) < 4.78 is 74.9. The van der Waals surface area contributed by atoms with Gasteiger partial charge in [0, 0.05) is 0 Å². The summed E-state index contributed by atoms with van der Waals surface area (Å²) in [4.78, 5) is 30.3. The van der Waals surface area contributed by atoms with E-state index >= 15 is 0 Å². The molecule has 4 N–H and O–H groups in total. The van der Waals surface area contributed by atoms with Gasteiger partial charge in [0.05, 0.1) is 0 Å². The van der Waals surface area contributed by atoms with Gasteiger partial charge in [0.2, 0.25) is 0 Å². The summed E-state index contributed by atoms with van der Waals surface area (Å²) in [5.41, 5.74) is 0. The van der Waals surface area contributed by atoms with Crippen LogP contribution >= 0.6 is 13.6 Å². The molecule has 0 aliphatic rings. The first-order chi connectivity index (χ1) is 6.50. The van der Waals surface area contributed by atoms with Crippen LogP contribution in [0.15, 0.2) is 0 Å². The summed E-state index contributed by atoms with van der Waals surface area (Å²) in [5.74, 6) is 0. The van der Waals surface area contributed by atoms with Gasteiger partial charge in [-0.25, -0.2) is 26.0 Å². The quantitative estimate of drug-likeness (QED) is 0.217. The Kier molecular flexibility index (Phi) is 8.95. The van der Waals surface area contributed by atoms with Crippen molar-refractivity contribution in [1.29, 1.82) is 0 Å². The average Bonchev–Trinajstić information content (AvgIpc) is 1.77. The van der Waals surface area contributed by atoms with Crippen molar-refractivity contribution in [3.05, 3.63) is 0 Å². The van der Waals surface area contributed by atoms with Crippen molar-refractivity contribution in [2.75, 3.05) is 0 Å². The summed E-state index contributed by atoms with van der Waals surface area (Å²) in [6.07, 6.45) is 0. The minimum absolute atomic E-state index is 0. The standard InChI is InChI=1S/Ni.2H3O6PS/c;2*1-7(2,3)8(4,5)6/h;2*(H2,1,2,3)(H,4,5,6)/q+2;;/p-2. The van der Waals surface area contributed by atoms with E-state index in [0.29, 0.717) is 0 Å². The van der Waals surface area contributed by atoms with Crippen molar-refractivity contribution in [3.63, 3.8) is 0 Å². The largest absolute Gasteiger partial charge is 2.00 e. The summed E-state index contributed by atoms with van der Waals surface area (Å²) in [5, 5.41) is 0. The van der Waals surface area contributed by atoms with Gasteiger partial charge in [0.1, 0.15) is 0 Å². The van der Waals surface area contributed by atoms with E-state index in [1.54, 1.807) is 0 Å². The van der Waals surface area contributed by atoms with Gasteiger partial charge in [0.25, 0.3) is 0 Å². The molecule has 0 bridgehead atoms. The fourth-order valence-electron chi connectivity index (χ4n) is 0. The van der Waals surface area contributed by atoms with E-state index in [2.05, 4.69) is 0 Å². The first kappa shape index (κ1) is 22.8. The van der Waals surface area contributed by atoms with Gasteiger partial charge in [-0.15, -0.1) is 0 Å². The van der Waals surface area contributed by atoms with E-state index in [4.69, 9.17) is 19.6 Å². The number of hydrogen-bond acceptors (Lipinski definition) is 8. The summed E-state index contributed by atoms with van der Waals surface area (Å²) in [6.45, 7) is -10.9. The van der Waals surface area contributed by atoms with Gasteiger partial charge in [-0.05, 0) is 0 Å². The van der Waals surface area contributed by atoms with Crippen molar-refractivity contribution < 1.29 is 71.1 Å². The van der Waals surface area contributed by atoms with E-state index < -0.39 is 33.1 Å². The Balaban J connectivity index is -0.000000218. The van der Waals surface area contributed by atoms with Crippen LogP contribution in [0.2, 0.25) is 0 Å². The van der Waals surface area contributed by atoms with Crippen LogP contribution in [0.25, 0.3) is 0 Å². The molecule has 0 aliphatic carbocycles. The van der Waals surface area contributed by atoms with Crippen LogP contribution in [-0.2, 0) is 45.1 Å². The number of rotatable bonds is 2. The van der Waals surface area contributed by atoms with Crippen LogP contribution in [-0.4, -0.2) is 45.5 Å². The van der Waals surface area contributed by atoms with Crippen molar-refractivity contribution in [2.45, 2.75) is 0 Å². The molecule has 0 rings (SSSR count). The van der Waals surface area contributed by atoms with Gasteiger partial charge in [-0.2, -0.15) is 0 Å². The fraction of sp³-hybridized carbons (Fsp3) is 0. The topological polar surface area (TPSA) is 229 Å². The summed E-state index contributed by atoms with van der Waals surface area (Å²) >= 11 is 0. The fourth-order valence-corrected chi connectivity index (χ4v) is 0. The second-order valence-corrected chi connectivity index (χ2v) is 11.0. The minimum Gasteiger partial charge on any atom is -0.739 e. The molecule has 0 aromatic rings. The third kappa shape index (κ3) is 10.2. The van der Waals surface area contributed by atoms with Crippen molar-refractivity contribution >= 4 is 33.1 Å². The average molecular weight is 381 g/mol. The zero-order chi connectivity index (χ0) is 14.0. The van der Waals surface area contributed by atoms with Crippen molar-refractivity contribution in [2.24, 2.45) is 0 Å². The number of hydrogen-bond donors (Lipinski definition) is 4. The molecule has 17 heavy (non-hydrogen) atoms. The molecule has 108 valence electrons. The molecule has 0 aliphatic heterocycles. The molecule has 0 fully saturated rings. The van der Waals surface area contributed by atoms with Gasteiger partial charge >= 0.3 is 30.1 Å². The molecule has 17 heteroatoms. The van der Waals surface area contributed by atoms with E-state index in [9.17, 15) is 35.1 Å². The maximum Gasteiger partial charge on any atom is 2.00 e. The van der Waals surface area contributed by atoms with Gasteiger partial charge < -0.3 is 28.7 Å².